The number of aliphatic hydroxyl groups is 4. The Balaban J connectivity index is 2.25. The number of hydrogen-bond donors (Lipinski definition) is 4. The smallest absolute Gasteiger partial charge is 0.187 e. The second kappa shape index (κ2) is 10.3. The fourth-order valence-electron chi connectivity index (χ4n) is 2.23. The van der Waals surface area contributed by atoms with E-state index in [2.05, 4.69) is 6.92 Å². The van der Waals surface area contributed by atoms with Crippen LogP contribution in [-0.2, 0) is 9.47 Å². The first-order chi connectivity index (χ1) is 10.1. The van der Waals surface area contributed by atoms with Crippen molar-refractivity contribution in [3.8, 4) is 0 Å². The van der Waals surface area contributed by atoms with Crippen LogP contribution < -0.4 is 0 Å². The largest absolute Gasteiger partial charge is 0.394 e. The number of unbranched alkanes of at least 4 members (excludes halogenated alkanes) is 4. The highest BCUT2D eigenvalue weighted by atomic mass is 16.7. The van der Waals surface area contributed by atoms with Crippen LogP contribution in [0, 0.1) is 0 Å². The number of hydrogen-bond acceptors (Lipinski definition) is 6. The minimum absolute atomic E-state index is 0.246. The normalized spacial score (nSPS) is 33.7. The molecule has 6 nitrogen and oxygen atoms in total. The van der Waals surface area contributed by atoms with Crippen LogP contribution in [0.25, 0.3) is 0 Å². The van der Waals surface area contributed by atoms with Gasteiger partial charge >= 0.3 is 0 Å². The second-order valence-electron chi connectivity index (χ2n) is 5.35. The van der Waals surface area contributed by atoms with Crippen molar-refractivity contribution < 1.29 is 29.9 Å². The van der Waals surface area contributed by atoms with E-state index in [4.69, 9.17) is 14.6 Å². The van der Waals surface area contributed by atoms with Gasteiger partial charge in [-0.25, -0.2) is 0 Å². The highest BCUT2D eigenvalue weighted by Crippen LogP contribution is 2.21. The molecule has 1 aliphatic heterocycles. The summed E-state index contributed by atoms with van der Waals surface area (Å²) in [4.78, 5) is 0. The van der Waals surface area contributed by atoms with Crippen molar-refractivity contribution in [2.75, 3.05) is 13.2 Å². The van der Waals surface area contributed by atoms with Gasteiger partial charge in [-0.15, -0.1) is 0 Å². The quantitative estimate of drug-likeness (QED) is 0.362. The summed E-state index contributed by atoms with van der Waals surface area (Å²) >= 11 is 0. The monoisotopic (exact) mass is 304 g/mol. The van der Waals surface area contributed by atoms with Gasteiger partial charge < -0.3 is 29.9 Å². The van der Waals surface area contributed by atoms with E-state index < -0.39 is 37.3 Å². The van der Waals surface area contributed by atoms with E-state index in [-0.39, 0.29) is 6.61 Å². The van der Waals surface area contributed by atoms with Crippen LogP contribution in [0.4, 0.5) is 0 Å². The molecule has 0 saturated carbocycles. The highest BCUT2D eigenvalue weighted by molar-refractivity contribution is 4.89. The van der Waals surface area contributed by atoms with Crippen molar-refractivity contribution in [3.05, 3.63) is 12.2 Å². The Morgan fingerprint density at radius 2 is 1.76 bits per heavy atom. The molecule has 0 aromatic rings. The summed E-state index contributed by atoms with van der Waals surface area (Å²) in [5, 5.41) is 38.0. The second-order valence-corrected chi connectivity index (χ2v) is 5.35. The lowest BCUT2D eigenvalue weighted by Gasteiger charge is -2.39. The lowest BCUT2D eigenvalue weighted by Crippen LogP contribution is -2.59. The summed E-state index contributed by atoms with van der Waals surface area (Å²) in [6.45, 7) is 1.97. The van der Waals surface area contributed by atoms with E-state index in [9.17, 15) is 15.3 Å². The summed E-state index contributed by atoms with van der Waals surface area (Å²) in [5.41, 5.74) is 0. The van der Waals surface area contributed by atoms with Gasteiger partial charge in [-0.3, -0.25) is 0 Å². The first-order valence-electron chi connectivity index (χ1n) is 7.69. The van der Waals surface area contributed by atoms with Crippen molar-refractivity contribution in [2.45, 2.75) is 69.7 Å². The van der Waals surface area contributed by atoms with Gasteiger partial charge in [0.1, 0.15) is 24.4 Å². The van der Waals surface area contributed by atoms with Gasteiger partial charge in [-0.1, -0.05) is 38.3 Å². The third-order valence-corrected chi connectivity index (χ3v) is 3.60. The Hall–Kier alpha value is -0.500. The molecule has 21 heavy (non-hydrogen) atoms. The van der Waals surface area contributed by atoms with Crippen molar-refractivity contribution in [1.82, 2.24) is 0 Å². The van der Waals surface area contributed by atoms with Crippen molar-refractivity contribution in [3.63, 3.8) is 0 Å². The van der Waals surface area contributed by atoms with Gasteiger partial charge in [0.05, 0.1) is 13.2 Å². The third kappa shape index (κ3) is 6.02. The molecule has 0 bridgehead atoms. The highest BCUT2D eigenvalue weighted by Gasteiger charge is 2.43. The van der Waals surface area contributed by atoms with Crippen molar-refractivity contribution in [1.29, 1.82) is 0 Å². The van der Waals surface area contributed by atoms with Crippen LogP contribution >= 0.6 is 0 Å². The minimum Gasteiger partial charge on any atom is -0.394 e. The van der Waals surface area contributed by atoms with Crippen molar-refractivity contribution >= 4 is 0 Å². The predicted molar refractivity (Wildman–Crippen MR) is 77.6 cm³/mol. The zero-order chi connectivity index (χ0) is 15.7. The lowest BCUT2D eigenvalue weighted by atomic mass is 9.99. The van der Waals surface area contributed by atoms with Gasteiger partial charge in [-0.2, -0.15) is 0 Å². The van der Waals surface area contributed by atoms with E-state index in [0.717, 1.165) is 12.8 Å². The van der Waals surface area contributed by atoms with E-state index in [1.807, 2.05) is 12.2 Å². The van der Waals surface area contributed by atoms with Crippen LogP contribution in [0.15, 0.2) is 12.2 Å². The predicted octanol–water partition coefficient (Wildman–Crippen LogP) is 0.329. The first kappa shape index (κ1) is 18.5. The molecular weight excluding hydrogens is 276 g/mol. The fraction of sp³-hybridized carbons (Fsp3) is 0.867. The molecule has 5 atom stereocenters. The maximum atomic E-state index is 9.76. The summed E-state index contributed by atoms with van der Waals surface area (Å²) in [6.07, 6.45) is 3.61. The average molecular weight is 304 g/mol. The zero-order valence-corrected chi connectivity index (χ0v) is 12.6. The Morgan fingerprint density at radius 1 is 1.00 bits per heavy atom. The first-order valence-corrected chi connectivity index (χ1v) is 7.69. The Morgan fingerprint density at radius 3 is 2.43 bits per heavy atom. The molecule has 6 heteroatoms. The van der Waals surface area contributed by atoms with Gasteiger partial charge in [0, 0.05) is 0 Å². The molecule has 1 aliphatic rings. The van der Waals surface area contributed by atoms with Gasteiger partial charge in [0.25, 0.3) is 0 Å². The molecule has 0 amide bonds. The maximum absolute atomic E-state index is 9.76. The van der Waals surface area contributed by atoms with Crippen LogP contribution in [0.5, 0.6) is 0 Å². The van der Waals surface area contributed by atoms with E-state index >= 15 is 0 Å². The molecule has 4 N–H and O–H groups in total. The lowest BCUT2D eigenvalue weighted by molar-refractivity contribution is -0.298. The molecule has 0 spiro atoms. The molecule has 0 aromatic heterocycles. The number of rotatable bonds is 9. The Kier molecular flexibility index (Phi) is 9.07. The van der Waals surface area contributed by atoms with Crippen LogP contribution in [-0.4, -0.2) is 64.3 Å². The van der Waals surface area contributed by atoms with Gasteiger partial charge in [0.2, 0.25) is 0 Å². The van der Waals surface area contributed by atoms with Crippen LogP contribution in [0.3, 0.4) is 0 Å². The summed E-state index contributed by atoms with van der Waals surface area (Å²) in [5.74, 6) is 0. The number of aliphatic hydroxyl groups excluding tert-OH is 4. The molecule has 124 valence electrons. The third-order valence-electron chi connectivity index (χ3n) is 3.60. The number of allylic oxidation sites excluding steroid dienone is 1. The molecule has 1 heterocycles. The Bertz CT molecular complexity index is 294. The molecule has 0 aliphatic carbocycles. The molecule has 1 rings (SSSR count). The standard InChI is InChI=1S/C15H28O6/c1-2-3-4-5-6-7-8-9-20-15-14(19)13(18)12(17)11(10-16)21-15/h7-8,11-19H,2-6,9-10H2,1H3/b8-7+/t11-,12-,13+,14-,15-/m1/s1. The molecule has 0 aromatic carbocycles. The van der Waals surface area contributed by atoms with E-state index in [1.165, 1.54) is 19.3 Å². The SMILES string of the molecule is CCCCCC/C=C/CO[C@@H]1O[C@H](CO)[C@@H](O)[C@H](O)[C@H]1O. The Labute approximate surface area is 126 Å². The van der Waals surface area contributed by atoms with E-state index in [0.29, 0.717) is 0 Å². The van der Waals surface area contributed by atoms with Gasteiger partial charge in [0.15, 0.2) is 6.29 Å². The summed E-state index contributed by atoms with van der Waals surface area (Å²) in [6, 6.07) is 0. The average Bonchev–Trinajstić information content (AvgIpc) is 2.49. The van der Waals surface area contributed by atoms with E-state index in [1.54, 1.807) is 0 Å². The van der Waals surface area contributed by atoms with Crippen LogP contribution in [0.2, 0.25) is 0 Å². The zero-order valence-electron chi connectivity index (χ0n) is 12.6. The molecule has 0 unspecified atom stereocenters. The summed E-state index contributed by atoms with van der Waals surface area (Å²) in [7, 11) is 0. The molecule has 1 saturated heterocycles. The topological polar surface area (TPSA) is 99.4 Å². The number of ether oxygens (including phenoxy) is 2. The van der Waals surface area contributed by atoms with Gasteiger partial charge in [-0.05, 0) is 12.8 Å². The molecular formula is C15H28O6. The fourth-order valence-corrected chi connectivity index (χ4v) is 2.23. The molecule has 1 fully saturated rings. The maximum Gasteiger partial charge on any atom is 0.187 e. The summed E-state index contributed by atoms with van der Waals surface area (Å²) < 4.78 is 10.6. The molecule has 0 radical (unpaired) electrons. The minimum atomic E-state index is -1.39. The van der Waals surface area contributed by atoms with Crippen LogP contribution in [0.1, 0.15) is 39.0 Å². The van der Waals surface area contributed by atoms with Crippen molar-refractivity contribution in [2.24, 2.45) is 0 Å².